The molecule has 1 aromatic carbocycles. The third-order valence-corrected chi connectivity index (χ3v) is 5.34. The average molecular weight is 430 g/mol. The van der Waals surface area contributed by atoms with Gasteiger partial charge in [-0.25, -0.2) is 9.78 Å². The summed E-state index contributed by atoms with van der Waals surface area (Å²) in [7, 11) is 1.77. The molecule has 1 fully saturated rings. The molecule has 2 aromatic heterocycles. The predicted molar refractivity (Wildman–Crippen MR) is 114 cm³/mol. The Labute approximate surface area is 177 Å². The van der Waals surface area contributed by atoms with E-state index in [1.807, 2.05) is 19.1 Å². The first-order valence-electron chi connectivity index (χ1n) is 8.91. The largest absolute Gasteiger partial charge is 0.326 e. The van der Waals surface area contributed by atoms with E-state index in [0.29, 0.717) is 24.3 Å². The Bertz CT molecular complexity index is 1150. The first-order valence-corrected chi connectivity index (χ1v) is 9.67. The van der Waals surface area contributed by atoms with Crippen molar-refractivity contribution < 1.29 is 9.59 Å². The first kappa shape index (κ1) is 19.4. The number of amides is 3. The summed E-state index contributed by atoms with van der Waals surface area (Å²) in [6.07, 6.45) is 1.70. The Morgan fingerprint density at radius 1 is 1.17 bits per heavy atom. The molecule has 0 unspecified atom stereocenters. The number of carbonyl (C=O) groups excluding carboxylic acids is 2. The molecule has 9 heteroatoms. The Morgan fingerprint density at radius 2 is 1.97 bits per heavy atom. The fourth-order valence-corrected chi connectivity index (χ4v) is 3.82. The molecule has 3 aromatic rings. The maximum absolute atomic E-state index is 12.7. The van der Waals surface area contributed by atoms with Gasteiger partial charge in [0.1, 0.15) is 10.3 Å². The molecule has 0 spiro atoms. The number of hydrogen-bond donors (Lipinski definition) is 1. The van der Waals surface area contributed by atoms with Gasteiger partial charge < -0.3 is 10.2 Å². The Balaban J connectivity index is 1.76. The van der Waals surface area contributed by atoms with E-state index in [2.05, 4.69) is 15.3 Å². The quantitative estimate of drug-likeness (QED) is 0.626. The number of nitrogens with one attached hydrogen (secondary N) is 1. The van der Waals surface area contributed by atoms with E-state index in [1.165, 1.54) is 12.1 Å². The van der Waals surface area contributed by atoms with Crippen LogP contribution in [0.25, 0.3) is 10.9 Å². The summed E-state index contributed by atoms with van der Waals surface area (Å²) in [6.45, 7) is 3.16. The van der Waals surface area contributed by atoms with Crippen LogP contribution in [0.3, 0.4) is 0 Å². The summed E-state index contributed by atoms with van der Waals surface area (Å²) in [5, 5.41) is 3.85. The van der Waals surface area contributed by atoms with Crippen molar-refractivity contribution in [3.63, 3.8) is 0 Å². The molecule has 3 amide bonds. The van der Waals surface area contributed by atoms with Gasteiger partial charge in [0, 0.05) is 31.7 Å². The van der Waals surface area contributed by atoms with Crippen LogP contribution in [-0.2, 0) is 0 Å². The minimum atomic E-state index is -0.424. The number of benzene rings is 1. The van der Waals surface area contributed by atoms with Gasteiger partial charge in [-0.3, -0.25) is 14.7 Å². The van der Waals surface area contributed by atoms with Gasteiger partial charge in [0.2, 0.25) is 0 Å². The fraction of sp³-hybridized carbons (Fsp3) is 0.200. The van der Waals surface area contributed by atoms with Gasteiger partial charge in [0.05, 0.1) is 22.5 Å². The molecular weight excluding hydrogens is 413 g/mol. The number of para-hydroxylation sites is 1. The number of aromatic nitrogens is 2. The molecule has 0 saturated carbocycles. The normalized spacial score (nSPS) is 14.0. The number of urea groups is 1. The first-order chi connectivity index (χ1) is 13.9. The highest BCUT2D eigenvalue weighted by Crippen LogP contribution is 2.34. The van der Waals surface area contributed by atoms with E-state index in [1.54, 1.807) is 29.1 Å². The lowest BCUT2D eigenvalue weighted by Gasteiger charge is -2.21. The van der Waals surface area contributed by atoms with E-state index in [4.69, 9.17) is 23.2 Å². The van der Waals surface area contributed by atoms with E-state index < -0.39 is 5.91 Å². The zero-order valence-electron chi connectivity index (χ0n) is 15.7. The van der Waals surface area contributed by atoms with Crippen molar-refractivity contribution in [2.24, 2.45) is 0 Å². The zero-order chi connectivity index (χ0) is 20.7. The molecule has 0 bridgehead atoms. The van der Waals surface area contributed by atoms with Crippen LogP contribution >= 0.6 is 23.2 Å². The molecule has 4 rings (SSSR count). The topological polar surface area (TPSA) is 78.4 Å². The van der Waals surface area contributed by atoms with Gasteiger partial charge in [0.25, 0.3) is 5.91 Å². The maximum Gasteiger partial charge on any atom is 0.324 e. The van der Waals surface area contributed by atoms with Crippen molar-refractivity contribution in [2.45, 2.75) is 6.92 Å². The van der Waals surface area contributed by atoms with E-state index in [9.17, 15) is 9.59 Å². The Hall–Kier alpha value is -2.90. The predicted octanol–water partition coefficient (Wildman–Crippen LogP) is 4.37. The van der Waals surface area contributed by atoms with Gasteiger partial charge in [-0.2, -0.15) is 0 Å². The van der Waals surface area contributed by atoms with Gasteiger partial charge >= 0.3 is 6.03 Å². The number of anilines is 2. The van der Waals surface area contributed by atoms with Crippen LogP contribution in [0.5, 0.6) is 0 Å². The Kier molecular flexibility index (Phi) is 5.02. The number of rotatable bonds is 3. The van der Waals surface area contributed by atoms with Gasteiger partial charge in [-0.1, -0.05) is 35.3 Å². The van der Waals surface area contributed by atoms with Crippen molar-refractivity contribution in [2.75, 3.05) is 30.4 Å². The summed E-state index contributed by atoms with van der Waals surface area (Å²) in [5.74, 6) is -0.424. The molecule has 1 aliphatic heterocycles. The van der Waals surface area contributed by atoms with Gasteiger partial charge in [0.15, 0.2) is 0 Å². The number of fused-ring (bicyclic) bond motifs is 1. The highest BCUT2D eigenvalue weighted by Gasteiger charge is 2.29. The minimum absolute atomic E-state index is 0.0189. The lowest BCUT2D eigenvalue weighted by atomic mass is 10.1. The van der Waals surface area contributed by atoms with E-state index >= 15 is 0 Å². The molecule has 148 valence electrons. The number of aryl methyl sites for hydroxylation is 1. The van der Waals surface area contributed by atoms with Crippen LogP contribution in [0, 0.1) is 6.92 Å². The van der Waals surface area contributed by atoms with Crippen molar-refractivity contribution in [3.05, 3.63) is 58.0 Å². The zero-order valence-corrected chi connectivity index (χ0v) is 17.3. The molecule has 1 aliphatic rings. The van der Waals surface area contributed by atoms with Gasteiger partial charge in [-0.05, 0) is 30.7 Å². The summed E-state index contributed by atoms with van der Waals surface area (Å²) >= 11 is 11.9. The highest BCUT2D eigenvalue weighted by atomic mass is 35.5. The summed E-state index contributed by atoms with van der Waals surface area (Å²) in [5.41, 5.74) is 2.99. The second-order valence-corrected chi connectivity index (χ2v) is 7.52. The van der Waals surface area contributed by atoms with Crippen LogP contribution in [0.2, 0.25) is 10.3 Å². The van der Waals surface area contributed by atoms with Crippen molar-refractivity contribution in [1.29, 1.82) is 0 Å². The molecule has 29 heavy (non-hydrogen) atoms. The minimum Gasteiger partial charge on any atom is -0.326 e. The monoisotopic (exact) mass is 429 g/mol. The molecule has 0 aliphatic carbocycles. The molecule has 0 radical (unpaired) electrons. The van der Waals surface area contributed by atoms with Crippen LogP contribution < -0.4 is 10.2 Å². The summed E-state index contributed by atoms with van der Waals surface area (Å²) in [6, 6.07) is 8.41. The number of hydrogen-bond acceptors (Lipinski definition) is 4. The number of likely N-dealkylation sites (N-methyl/N-ethyl adjacent to an activating group) is 1. The second-order valence-electron chi connectivity index (χ2n) is 6.77. The number of nitrogens with zero attached hydrogens (tertiary/aromatic N) is 4. The molecule has 0 atom stereocenters. The summed E-state index contributed by atoms with van der Waals surface area (Å²) < 4.78 is 0. The molecule has 1 saturated heterocycles. The molecule has 3 heterocycles. The smallest absolute Gasteiger partial charge is 0.324 e. The SMILES string of the molecule is Cc1cnc2c(NC(=O)c3ccc(Cl)nc3Cl)cccc2c1N1CCN(C)C1=O. The van der Waals surface area contributed by atoms with E-state index in [-0.39, 0.29) is 21.9 Å². The number of pyridine rings is 2. The average Bonchev–Trinajstić information content (AvgIpc) is 3.00. The molecular formula is C20H17Cl2N5O2. The summed E-state index contributed by atoms with van der Waals surface area (Å²) in [4.78, 5) is 37.1. The lowest BCUT2D eigenvalue weighted by Crippen LogP contribution is -2.30. The Morgan fingerprint density at radius 3 is 2.66 bits per heavy atom. The highest BCUT2D eigenvalue weighted by molar-refractivity contribution is 6.35. The van der Waals surface area contributed by atoms with Crippen LogP contribution in [-0.4, -0.2) is 46.9 Å². The molecule has 1 N–H and O–H groups in total. The van der Waals surface area contributed by atoms with E-state index in [0.717, 1.165) is 16.6 Å². The standard InChI is InChI=1S/C20H17Cl2N5O2/c1-11-10-23-16-12(17(11)27-9-8-26(2)20(27)29)4-3-5-14(16)24-19(28)13-6-7-15(21)25-18(13)22/h3-7,10H,8-9H2,1-2H3,(H,24,28). The van der Waals surface area contributed by atoms with Crippen LogP contribution in [0.4, 0.5) is 16.2 Å². The van der Waals surface area contributed by atoms with Crippen molar-refractivity contribution in [1.82, 2.24) is 14.9 Å². The third kappa shape index (κ3) is 3.47. The van der Waals surface area contributed by atoms with Crippen molar-refractivity contribution >= 4 is 57.4 Å². The molecule has 7 nitrogen and oxygen atoms in total. The van der Waals surface area contributed by atoms with Crippen molar-refractivity contribution in [3.8, 4) is 0 Å². The fourth-order valence-electron chi connectivity index (χ4n) is 3.39. The second kappa shape index (κ2) is 7.50. The maximum atomic E-state index is 12.7. The number of halogens is 2. The van der Waals surface area contributed by atoms with Crippen LogP contribution in [0.15, 0.2) is 36.5 Å². The van der Waals surface area contributed by atoms with Crippen LogP contribution in [0.1, 0.15) is 15.9 Å². The number of carbonyl (C=O) groups is 2. The van der Waals surface area contributed by atoms with Gasteiger partial charge in [-0.15, -0.1) is 0 Å². The lowest BCUT2D eigenvalue weighted by molar-refractivity contribution is 0.102. The third-order valence-electron chi connectivity index (χ3n) is 4.85.